The minimum atomic E-state index is -4.09. The first-order valence-corrected chi connectivity index (χ1v) is 12.8. The third-order valence-electron chi connectivity index (χ3n) is 5.37. The van der Waals surface area contributed by atoms with Crippen LogP contribution in [0.15, 0.2) is 24.3 Å². The minimum Gasteiger partial charge on any atom is -0.481 e. The molecule has 0 radical (unpaired) electrons. The maximum Gasteiger partial charge on any atom is 0.321 e. The standard InChI is InChI=1S/C23H32F2O8S/c1-4-32-19(26)10-9-17-7-6-8-18(15-17)22(3,21(28)29)11-12-23(24,25)13-14-34(30,31)16-20(27)33-5-2/h6-8,15H,4-5,9-14,16H2,1-3H3,(H,28,29). The summed E-state index contributed by atoms with van der Waals surface area (Å²) >= 11 is 0. The molecule has 1 N–H and O–H groups in total. The summed E-state index contributed by atoms with van der Waals surface area (Å²) in [5.74, 6) is -8.08. The highest BCUT2D eigenvalue weighted by atomic mass is 32.2. The van der Waals surface area contributed by atoms with Crippen molar-refractivity contribution in [3.63, 3.8) is 0 Å². The summed E-state index contributed by atoms with van der Waals surface area (Å²) in [6.45, 7) is 4.72. The van der Waals surface area contributed by atoms with Gasteiger partial charge < -0.3 is 14.6 Å². The van der Waals surface area contributed by atoms with Crippen LogP contribution < -0.4 is 0 Å². The molecule has 11 heteroatoms. The van der Waals surface area contributed by atoms with Crippen LogP contribution in [-0.4, -0.2) is 62.1 Å². The van der Waals surface area contributed by atoms with Gasteiger partial charge in [0.2, 0.25) is 5.92 Å². The molecule has 1 atom stereocenters. The fourth-order valence-corrected chi connectivity index (χ4v) is 4.44. The highest BCUT2D eigenvalue weighted by molar-refractivity contribution is 7.92. The number of aliphatic carboxylic acids is 1. The number of hydrogen-bond donors (Lipinski definition) is 1. The van der Waals surface area contributed by atoms with E-state index in [1.54, 1.807) is 25.1 Å². The van der Waals surface area contributed by atoms with Gasteiger partial charge in [-0.15, -0.1) is 0 Å². The van der Waals surface area contributed by atoms with E-state index < -0.39 is 69.9 Å². The molecule has 0 aliphatic rings. The molecule has 0 bridgehead atoms. The Morgan fingerprint density at radius 3 is 2.21 bits per heavy atom. The van der Waals surface area contributed by atoms with E-state index in [9.17, 15) is 36.7 Å². The number of carbonyl (C=O) groups is 3. The average molecular weight is 507 g/mol. The molecule has 0 aromatic heterocycles. The predicted octanol–water partition coefficient (Wildman–Crippen LogP) is 3.31. The lowest BCUT2D eigenvalue weighted by Crippen LogP contribution is -2.35. The first kappa shape index (κ1) is 29.5. The lowest BCUT2D eigenvalue weighted by molar-refractivity contribution is -0.144. The molecule has 1 rings (SSSR count). The molecule has 8 nitrogen and oxygen atoms in total. The van der Waals surface area contributed by atoms with Gasteiger partial charge in [-0.3, -0.25) is 14.4 Å². The van der Waals surface area contributed by atoms with E-state index in [2.05, 4.69) is 4.74 Å². The van der Waals surface area contributed by atoms with Gasteiger partial charge >= 0.3 is 17.9 Å². The summed E-state index contributed by atoms with van der Waals surface area (Å²) in [5.41, 5.74) is -0.699. The van der Waals surface area contributed by atoms with Crippen molar-refractivity contribution in [2.75, 3.05) is 24.7 Å². The monoisotopic (exact) mass is 506 g/mol. The summed E-state index contributed by atoms with van der Waals surface area (Å²) in [7, 11) is -4.09. The summed E-state index contributed by atoms with van der Waals surface area (Å²) in [6, 6.07) is 6.38. The smallest absolute Gasteiger partial charge is 0.321 e. The zero-order chi connectivity index (χ0) is 26.0. The number of alkyl halides is 2. The quantitative estimate of drug-likeness (QED) is 0.359. The number of carboxylic acid groups (broad SMARTS) is 1. The highest BCUT2D eigenvalue weighted by Gasteiger charge is 2.40. The van der Waals surface area contributed by atoms with Crippen molar-refractivity contribution in [1.82, 2.24) is 0 Å². The zero-order valence-corrected chi connectivity index (χ0v) is 20.5. The molecule has 0 heterocycles. The van der Waals surface area contributed by atoms with E-state index in [1.165, 1.54) is 19.9 Å². The van der Waals surface area contributed by atoms with Crippen LogP contribution in [0, 0.1) is 0 Å². The molecule has 0 aliphatic carbocycles. The van der Waals surface area contributed by atoms with E-state index in [-0.39, 0.29) is 19.6 Å². The molecule has 0 saturated heterocycles. The molecule has 1 aromatic rings. The van der Waals surface area contributed by atoms with Crippen LogP contribution in [-0.2, 0) is 45.5 Å². The normalized spacial score (nSPS) is 13.7. The van der Waals surface area contributed by atoms with Gasteiger partial charge in [0.05, 0.1) is 24.4 Å². The fourth-order valence-electron chi connectivity index (χ4n) is 3.24. The van der Waals surface area contributed by atoms with E-state index in [1.807, 2.05) is 0 Å². The summed E-state index contributed by atoms with van der Waals surface area (Å²) in [5, 5.41) is 9.80. The predicted molar refractivity (Wildman–Crippen MR) is 120 cm³/mol. The number of esters is 2. The number of sulfone groups is 1. The Morgan fingerprint density at radius 2 is 1.62 bits per heavy atom. The summed E-state index contributed by atoms with van der Waals surface area (Å²) in [6.07, 6.45) is -1.95. The maximum atomic E-state index is 14.5. The maximum absolute atomic E-state index is 14.5. The van der Waals surface area contributed by atoms with Crippen molar-refractivity contribution in [3.05, 3.63) is 35.4 Å². The van der Waals surface area contributed by atoms with Crippen LogP contribution in [0.5, 0.6) is 0 Å². The average Bonchev–Trinajstić information content (AvgIpc) is 2.75. The topological polar surface area (TPSA) is 124 Å². The first-order valence-electron chi connectivity index (χ1n) is 11.0. The molecule has 0 amide bonds. The molecule has 0 spiro atoms. The second kappa shape index (κ2) is 12.8. The van der Waals surface area contributed by atoms with E-state index in [0.717, 1.165) is 0 Å². The second-order valence-corrected chi connectivity index (χ2v) is 10.3. The molecule has 1 aromatic carbocycles. The number of aryl methyl sites for hydroxylation is 1. The Kier molecular flexibility index (Phi) is 11.1. The number of carbonyl (C=O) groups excluding carboxylic acids is 2. The van der Waals surface area contributed by atoms with Crippen LogP contribution in [0.2, 0.25) is 0 Å². The van der Waals surface area contributed by atoms with E-state index in [4.69, 9.17) is 4.74 Å². The Bertz CT molecular complexity index is 961. The molecule has 1 unspecified atom stereocenters. The lowest BCUT2D eigenvalue weighted by Gasteiger charge is -2.28. The number of carboxylic acids is 1. The first-order chi connectivity index (χ1) is 15.7. The van der Waals surface area contributed by atoms with Gasteiger partial charge in [-0.1, -0.05) is 24.3 Å². The molecule has 192 valence electrons. The van der Waals surface area contributed by atoms with Crippen LogP contribution in [0.1, 0.15) is 57.6 Å². The van der Waals surface area contributed by atoms with Gasteiger partial charge in [-0.25, -0.2) is 17.2 Å². The third kappa shape index (κ3) is 9.74. The second-order valence-electron chi connectivity index (χ2n) is 8.15. The molecule has 0 fully saturated rings. The largest absolute Gasteiger partial charge is 0.481 e. The van der Waals surface area contributed by atoms with Crippen LogP contribution in [0.25, 0.3) is 0 Å². The van der Waals surface area contributed by atoms with Gasteiger partial charge in [0.15, 0.2) is 9.84 Å². The van der Waals surface area contributed by atoms with Crippen LogP contribution >= 0.6 is 0 Å². The molecule has 34 heavy (non-hydrogen) atoms. The Labute approximate surface area is 198 Å². The number of ether oxygens (including phenoxy) is 2. The molecule has 0 saturated carbocycles. The molecular formula is C23H32F2O8S. The van der Waals surface area contributed by atoms with Gasteiger partial charge in [0, 0.05) is 19.3 Å². The van der Waals surface area contributed by atoms with Gasteiger partial charge in [-0.2, -0.15) is 0 Å². The van der Waals surface area contributed by atoms with Crippen molar-refractivity contribution < 1.29 is 46.2 Å². The SMILES string of the molecule is CCOC(=O)CCc1cccc(C(C)(CCC(F)(F)CCS(=O)(=O)CC(=O)OCC)C(=O)O)c1. The van der Waals surface area contributed by atoms with E-state index in [0.29, 0.717) is 17.5 Å². The van der Waals surface area contributed by atoms with Crippen molar-refractivity contribution >= 4 is 27.7 Å². The van der Waals surface area contributed by atoms with Gasteiger partial charge in [0.25, 0.3) is 0 Å². The van der Waals surface area contributed by atoms with Crippen LogP contribution in [0.4, 0.5) is 8.78 Å². The molecule has 0 aliphatic heterocycles. The Hall–Kier alpha value is -2.56. The fraction of sp³-hybridized carbons (Fsp3) is 0.609. The highest BCUT2D eigenvalue weighted by Crippen LogP contribution is 2.36. The number of rotatable bonds is 15. The number of hydrogen-bond acceptors (Lipinski definition) is 7. The Morgan fingerprint density at radius 1 is 1.00 bits per heavy atom. The minimum absolute atomic E-state index is 0.0255. The van der Waals surface area contributed by atoms with Crippen LogP contribution in [0.3, 0.4) is 0 Å². The van der Waals surface area contributed by atoms with Crippen molar-refractivity contribution in [3.8, 4) is 0 Å². The summed E-state index contributed by atoms with van der Waals surface area (Å²) in [4.78, 5) is 34.9. The van der Waals surface area contributed by atoms with Gasteiger partial charge in [0.1, 0.15) is 5.75 Å². The lowest BCUT2D eigenvalue weighted by atomic mass is 9.77. The number of halogens is 2. The summed E-state index contributed by atoms with van der Waals surface area (Å²) < 4.78 is 62.2. The van der Waals surface area contributed by atoms with E-state index >= 15 is 0 Å². The van der Waals surface area contributed by atoms with Crippen molar-refractivity contribution in [2.24, 2.45) is 0 Å². The number of benzene rings is 1. The van der Waals surface area contributed by atoms with Crippen molar-refractivity contribution in [2.45, 2.75) is 64.2 Å². The molecular weight excluding hydrogens is 474 g/mol. The zero-order valence-electron chi connectivity index (χ0n) is 19.6. The Balaban J connectivity index is 2.87. The van der Waals surface area contributed by atoms with Crippen molar-refractivity contribution in [1.29, 1.82) is 0 Å². The van der Waals surface area contributed by atoms with Gasteiger partial charge in [-0.05, 0) is 44.7 Å². The third-order valence-corrected chi connectivity index (χ3v) is 6.87.